The van der Waals surface area contributed by atoms with Crippen LogP contribution in [0.15, 0.2) is 48.5 Å². The number of carbonyl (C=O) groups excluding carboxylic acids is 1. The van der Waals surface area contributed by atoms with Gasteiger partial charge in [0.2, 0.25) is 15.9 Å². The van der Waals surface area contributed by atoms with Crippen molar-refractivity contribution in [3.8, 4) is 0 Å². The summed E-state index contributed by atoms with van der Waals surface area (Å²) in [5.74, 6) is -0.0278. The van der Waals surface area contributed by atoms with Crippen molar-refractivity contribution in [3.63, 3.8) is 0 Å². The Morgan fingerprint density at radius 1 is 1.14 bits per heavy atom. The number of para-hydroxylation sites is 1. The van der Waals surface area contributed by atoms with E-state index < -0.39 is 10.0 Å². The summed E-state index contributed by atoms with van der Waals surface area (Å²) in [6.07, 6.45) is 5.05. The monoisotopic (exact) mass is 400 g/mol. The van der Waals surface area contributed by atoms with Crippen LogP contribution in [0.1, 0.15) is 48.4 Å². The van der Waals surface area contributed by atoms with Crippen molar-refractivity contribution in [2.24, 2.45) is 0 Å². The fraction of sp³-hybridized carbons (Fsp3) is 0.409. The van der Waals surface area contributed by atoms with E-state index in [1.54, 1.807) is 6.07 Å². The van der Waals surface area contributed by atoms with Crippen molar-refractivity contribution in [2.45, 2.75) is 45.1 Å². The number of sulfonamides is 1. The van der Waals surface area contributed by atoms with Gasteiger partial charge in [0, 0.05) is 13.0 Å². The molecule has 0 saturated carbocycles. The molecule has 1 unspecified atom stereocenters. The second kappa shape index (κ2) is 8.78. The van der Waals surface area contributed by atoms with Gasteiger partial charge in [0.05, 0.1) is 18.0 Å². The van der Waals surface area contributed by atoms with Gasteiger partial charge in [0.15, 0.2) is 0 Å². The molecule has 0 aromatic heterocycles. The van der Waals surface area contributed by atoms with Gasteiger partial charge in [-0.05, 0) is 55.4 Å². The third kappa shape index (κ3) is 4.93. The Morgan fingerprint density at radius 2 is 1.86 bits per heavy atom. The Balaban J connectivity index is 1.59. The number of anilines is 1. The number of nitrogens with zero attached hydrogens (tertiary/aromatic N) is 1. The Bertz CT molecular complexity index is 940. The van der Waals surface area contributed by atoms with E-state index in [1.807, 2.05) is 37.3 Å². The van der Waals surface area contributed by atoms with Crippen LogP contribution in [0.25, 0.3) is 0 Å². The molecule has 2 aromatic carbocycles. The van der Waals surface area contributed by atoms with Crippen molar-refractivity contribution in [1.29, 1.82) is 0 Å². The molecule has 1 amide bonds. The molecule has 0 radical (unpaired) electrons. The van der Waals surface area contributed by atoms with Crippen LogP contribution in [0.2, 0.25) is 0 Å². The lowest BCUT2D eigenvalue weighted by Crippen LogP contribution is -2.34. The standard InChI is InChI=1S/C22H28N2O3S/c1-17-9-3-6-14-21(17)24(28(2,26)27)16-8-15-22(25)23-20-13-7-11-18-10-4-5-12-19(18)20/h3-6,9-10,12,14,20H,7-8,11,13,15-16H2,1-2H3,(H,23,25). The predicted octanol–water partition coefficient (Wildman–Crippen LogP) is 3.74. The molecule has 5 nitrogen and oxygen atoms in total. The lowest BCUT2D eigenvalue weighted by Gasteiger charge is -2.27. The fourth-order valence-electron chi connectivity index (χ4n) is 3.86. The highest BCUT2D eigenvalue weighted by molar-refractivity contribution is 7.92. The third-order valence-corrected chi connectivity index (χ3v) is 6.43. The minimum atomic E-state index is -3.40. The summed E-state index contributed by atoms with van der Waals surface area (Å²) in [4.78, 5) is 12.5. The molecule has 1 aliphatic rings. The first kappa shape index (κ1) is 20.4. The van der Waals surface area contributed by atoms with E-state index in [0.717, 1.165) is 24.8 Å². The van der Waals surface area contributed by atoms with Crippen LogP contribution >= 0.6 is 0 Å². The van der Waals surface area contributed by atoms with Gasteiger partial charge in [0.1, 0.15) is 0 Å². The second-order valence-corrected chi connectivity index (χ2v) is 9.34. The average molecular weight is 401 g/mol. The Hall–Kier alpha value is -2.34. The van der Waals surface area contributed by atoms with Gasteiger partial charge < -0.3 is 5.32 Å². The quantitative estimate of drug-likeness (QED) is 0.770. The van der Waals surface area contributed by atoms with Gasteiger partial charge in [-0.2, -0.15) is 0 Å². The molecular weight excluding hydrogens is 372 g/mol. The van der Waals surface area contributed by atoms with Crippen molar-refractivity contribution < 1.29 is 13.2 Å². The molecule has 2 aromatic rings. The third-order valence-electron chi connectivity index (χ3n) is 5.25. The van der Waals surface area contributed by atoms with E-state index in [-0.39, 0.29) is 11.9 Å². The summed E-state index contributed by atoms with van der Waals surface area (Å²) in [5, 5.41) is 3.13. The number of fused-ring (bicyclic) bond motifs is 1. The zero-order chi connectivity index (χ0) is 20.1. The van der Waals surface area contributed by atoms with E-state index in [2.05, 4.69) is 17.4 Å². The Labute approximate surface area is 167 Å². The summed E-state index contributed by atoms with van der Waals surface area (Å²) in [5.41, 5.74) is 4.09. The van der Waals surface area contributed by atoms with Crippen molar-refractivity contribution in [2.75, 3.05) is 17.1 Å². The van der Waals surface area contributed by atoms with Gasteiger partial charge >= 0.3 is 0 Å². The molecule has 0 aliphatic heterocycles. The first-order valence-electron chi connectivity index (χ1n) is 9.77. The van der Waals surface area contributed by atoms with Crippen molar-refractivity contribution in [1.82, 2.24) is 5.32 Å². The molecule has 6 heteroatoms. The highest BCUT2D eigenvalue weighted by Gasteiger charge is 2.22. The lowest BCUT2D eigenvalue weighted by atomic mass is 9.87. The fourth-order valence-corrected chi connectivity index (χ4v) is 4.88. The van der Waals surface area contributed by atoms with Gasteiger partial charge in [0.25, 0.3) is 0 Å². The van der Waals surface area contributed by atoms with Gasteiger partial charge in [-0.3, -0.25) is 9.10 Å². The molecular formula is C22H28N2O3S. The maximum absolute atomic E-state index is 12.5. The van der Waals surface area contributed by atoms with Crippen molar-refractivity contribution >= 4 is 21.6 Å². The summed E-state index contributed by atoms with van der Waals surface area (Å²) < 4.78 is 25.9. The van der Waals surface area contributed by atoms with E-state index in [9.17, 15) is 13.2 Å². The van der Waals surface area contributed by atoms with Crippen LogP contribution < -0.4 is 9.62 Å². The lowest BCUT2D eigenvalue weighted by molar-refractivity contribution is -0.122. The number of carbonyl (C=O) groups is 1. The van der Waals surface area contributed by atoms with Crippen LogP contribution in [-0.2, 0) is 21.2 Å². The smallest absolute Gasteiger partial charge is 0.232 e. The number of hydrogen-bond donors (Lipinski definition) is 1. The van der Waals surface area contributed by atoms with Crippen LogP contribution in [0.3, 0.4) is 0 Å². The van der Waals surface area contributed by atoms with E-state index >= 15 is 0 Å². The predicted molar refractivity (Wildman–Crippen MR) is 113 cm³/mol. The molecule has 0 saturated heterocycles. The maximum Gasteiger partial charge on any atom is 0.232 e. The molecule has 1 N–H and O–H groups in total. The largest absolute Gasteiger partial charge is 0.349 e. The van der Waals surface area contributed by atoms with Gasteiger partial charge in [-0.15, -0.1) is 0 Å². The molecule has 1 aliphatic carbocycles. The van der Waals surface area contributed by atoms with Gasteiger partial charge in [-0.1, -0.05) is 42.5 Å². The Morgan fingerprint density at radius 3 is 2.61 bits per heavy atom. The summed E-state index contributed by atoms with van der Waals surface area (Å²) in [6, 6.07) is 15.7. The van der Waals surface area contributed by atoms with Crippen LogP contribution in [0.5, 0.6) is 0 Å². The number of nitrogens with one attached hydrogen (secondary N) is 1. The van der Waals surface area contributed by atoms with Crippen molar-refractivity contribution in [3.05, 3.63) is 65.2 Å². The summed E-state index contributed by atoms with van der Waals surface area (Å²) in [7, 11) is -3.40. The minimum absolute atomic E-state index is 0.0278. The van der Waals surface area contributed by atoms with Gasteiger partial charge in [-0.25, -0.2) is 8.42 Å². The molecule has 3 rings (SSSR count). The first-order valence-corrected chi connectivity index (χ1v) is 11.6. The van der Waals surface area contributed by atoms with E-state index in [1.165, 1.54) is 21.7 Å². The highest BCUT2D eigenvalue weighted by Crippen LogP contribution is 2.29. The summed E-state index contributed by atoms with van der Waals surface area (Å²) in [6.45, 7) is 2.18. The molecule has 150 valence electrons. The van der Waals surface area contributed by atoms with E-state index in [4.69, 9.17) is 0 Å². The number of benzene rings is 2. The zero-order valence-electron chi connectivity index (χ0n) is 16.5. The molecule has 1 atom stereocenters. The highest BCUT2D eigenvalue weighted by atomic mass is 32.2. The maximum atomic E-state index is 12.5. The normalized spacial score (nSPS) is 16.3. The number of amides is 1. The SMILES string of the molecule is Cc1ccccc1N(CCCC(=O)NC1CCCc2ccccc21)S(C)(=O)=O. The van der Waals surface area contributed by atoms with E-state index in [0.29, 0.717) is 25.1 Å². The molecule has 28 heavy (non-hydrogen) atoms. The first-order chi connectivity index (χ1) is 13.4. The molecule has 0 heterocycles. The number of aryl methyl sites for hydroxylation is 2. The second-order valence-electron chi connectivity index (χ2n) is 7.44. The number of rotatable bonds is 7. The Kier molecular flexibility index (Phi) is 6.39. The molecule has 0 spiro atoms. The molecule has 0 bridgehead atoms. The molecule has 0 fully saturated rings. The number of hydrogen-bond acceptors (Lipinski definition) is 3. The van der Waals surface area contributed by atoms with Crippen LogP contribution in [-0.4, -0.2) is 27.1 Å². The summed E-state index contributed by atoms with van der Waals surface area (Å²) >= 11 is 0. The zero-order valence-corrected chi connectivity index (χ0v) is 17.3. The van der Waals surface area contributed by atoms with Crippen LogP contribution in [0, 0.1) is 6.92 Å². The van der Waals surface area contributed by atoms with Crippen LogP contribution in [0.4, 0.5) is 5.69 Å². The average Bonchev–Trinajstić information content (AvgIpc) is 2.65. The minimum Gasteiger partial charge on any atom is -0.349 e. The topological polar surface area (TPSA) is 66.5 Å².